The minimum absolute atomic E-state index is 0.798. The number of fused-ring (bicyclic) bond motifs is 1. The summed E-state index contributed by atoms with van der Waals surface area (Å²) < 4.78 is 2.18. The summed E-state index contributed by atoms with van der Waals surface area (Å²) >= 11 is 1.75. The van der Waals surface area contributed by atoms with Crippen LogP contribution >= 0.6 is 11.3 Å². The molecule has 3 aromatic heterocycles. The molecular weight excluding hydrogens is 340 g/mol. The quantitative estimate of drug-likeness (QED) is 0.489. The zero-order valence-electron chi connectivity index (χ0n) is 14.0. The number of aromatic nitrogens is 4. The standard InChI is InChI=1S/C21H16N4S/c1-2-7-15(8-3-1)18-14-21(24-23-18)25-19-11-5-4-10-17(19)22-20(25)13-16-9-6-12-26-16/h1-12,14H,13H2,(H,23,24). The highest BCUT2D eigenvalue weighted by Gasteiger charge is 2.15. The van der Waals surface area contributed by atoms with Crippen LogP contribution in [0.4, 0.5) is 0 Å². The van der Waals surface area contributed by atoms with Crippen LogP contribution in [0.5, 0.6) is 0 Å². The van der Waals surface area contributed by atoms with Gasteiger partial charge in [-0.05, 0) is 23.6 Å². The maximum absolute atomic E-state index is 4.87. The second-order valence-corrected chi connectivity index (χ2v) is 7.14. The fraction of sp³-hybridized carbons (Fsp3) is 0.0476. The van der Waals surface area contributed by atoms with Gasteiger partial charge >= 0.3 is 0 Å². The first-order chi connectivity index (χ1) is 12.9. The van der Waals surface area contributed by atoms with Crippen LogP contribution < -0.4 is 0 Å². The van der Waals surface area contributed by atoms with Crippen LogP contribution in [0.15, 0.2) is 78.2 Å². The summed E-state index contributed by atoms with van der Waals surface area (Å²) in [5.74, 6) is 1.95. The van der Waals surface area contributed by atoms with Crippen molar-refractivity contribution < 1.29 is 0 Å². The van der Waals surface area contributed by atoms with Gasteiger partial charge in [0.1, 0.15) is 11.6 Å². The van der Waals surface area contributed by atoms with Gasteiger partial charge in [0, 0.05) is 22.9 Å². The molecule has 1 N–H and O–H groups in total. The van der Waals surface area contributed by atoms with Gasteiger partial charge in [-0.3, -0.25) is 9.67 Å². The second kappa shape index (κ2) is 6.28. The number of H-pyrrole nitrogens is 1. The molecule has 126 valence electrons. The predicted octanol–water partition coefficient (Wildman–Crippen LogP) is 5.07. The van der Waals surface area contributed by atoms with Gasteiger partial charge in [-0.2, -0.15) is 5.10 Å². The molecule has 0 fully saturated rings. The predicted molar refractivity (Wildman–Crippen MR) is 106 cm³/mol. The molecule has 0 unspecified atom stereocenters. The van der Waals surface area contributed by atoms with Crippen molar-refractivity contribution in [3.63, 3.8) is 0 Å². The fourth-order valence-corrected chi connectivity index (χ4v) is 3.92. The lowest BCUT2D eigenvalue weighted by Crippen LogP contribution is -2.02. The van der Waals surface area contributed by atoms with E-state index < -0.39 is 0 Å². The zero-order valence-corrected chi connectivity index (χ0v) is 14.8. The molecule has 26 heavy (non-hydrogen) atoms. The van der Waals surface area contributed by atoms with E-state index in [1.54, 1.807) is 11.3 Å². The first-order valence-electron chi connectivity index (χ1n) is 8.48. The van der Waals surface area contributed by atoms with Gasteiger partial charge < -0.3 is 0 Å². The average Bonchev–Trinajstić information content (AvgIpc) is 3.42. The van der Waals surface area contributed by atoms with Gasteiger partial charge in [-0.1, -0.05) is 48.5 Å². The molecule has 5 aromatic rings. The molecule has 0 aliphatic carbocycles. The Hall–Kier alpha value is -3.18. The zero-order chi connectivity index (χ0) is 17.3. The third kappa shape index (κ3) is 2.62. The van der Waals surface area contributed by atoms with Crippen LogP contribution in [0.25, 0.3) is 28.1 Å². The smallest absolute Gasteiger partial charge is 0.134 e. The molecule has 0 spiro atoms. The average molecular weight is 356 g/mol. The lowest BCUT2D eigenvalue weighted by Gasteiger charge is -2.05. The van der Waals surface area contributed by atoms with E-state index in [2.05, 4.69) is 62.6 Å². The Bertz CT molecular complexity index is 1150. The van der Waals surface area contributed by atoms with E-state index in [0.717, 1.165) is 40.4 Å². The molecular formula is C21H16N4S. The molecule has 2 aromatic carbocycles. The molecule has 0 saturated carbocycles. The first-order valence-corrected chi connectivity index (χ1v) is 9.36. The number of nitrogens with one attached hydrogen (secondary N) is 1. The molecule has 0 amide bonds. The Balaban J connectivity index is 1.65. The van der Waals surface area contributed by atoms with Gasteiger partial charge in [0.05, 0.1) is 16.7 Å². The Morgan fingerprint density at radius 2 is 1.77 bits per heavy atom. The second-order valence-electron chi connectivity index (χ2n) is 6.11. The Kier molecular flexibility index (Phi) is 3.65. The Morgan fingerprint density at radius 3 is 2.62 bits per heavy atom. The van der Waals surface area contributed by atoms with Crippen molar-refractivity contribution in [2.75, 3.05) is 0 Å². The van der Waals surface area contributed by atoms with E-state index >= 15 is 0 Å². The van der Waals surface area contributed by atoms with Crippen molar-refractivity contribution in [2.24, 2.45) is 0 Å². The SMILES string of the molecule is c1ccc(-c2cc(-n3c(Cc4cccs4)nc4ccccc43)[nH]n2)cc1. The van der Waals surface area contributed by atoms with Crippen molar-refractivity contribution in [3.05, 3.63) is 88.9 Å². The first kappa shape index (κ1) is 15.1. The van der Waals surface area contributed by atoms with E-state index in [1.165, 1.54) is 4.88 Å². The number of nitrogens with zero attached hydrogens (tertiary/aromatic N) is 3. The van der Waals surface area contributed by atoms with Crippen LogP contribution in [-0.2, 0) is 6.42 Å². The lowest BCUT2D eigenvalue weighted by molar-refractivity contribution is 0.898. The largest absolute Gasteiger partial charge is 0.280 e. The van der Waals surface area contributed by atoms with Crippen LogP contribution in [0.1, 0.15) is 10.7 Å². The summed E-state index contributed by atoms with van der Waals surface area (Å²) in [6.07, 6.45) is 0.798. The van der Waals surface area contributed by atoms with E-state index in [-0.39, 0.29) is 0 Å². The molecule has 5 heteroatoms. The van der Waals surface area contributed by atoms with E-state index in [4.69, 9.17) is 4.98 Å². The number of benzene rings is 2. The van der Waals surface area contributed by atoms with Crippen molar-refractivity contribution in [2.45, 2.75) is 6.42 Å². The van der Waals surface area contributed by atoms with Gasteiger partial charge in [0.15, 0.2) is 0 Å². The molecule has 0 radical (unpaired) electrons. The van der Waals surface area contributed by atoms with Gasteiger partial charge in [-0.25, -0.2) is 4.98 Å². The van der Waals surface area contributed by atoms with E-state index in [1.807, 2.05) is 30.3 Å². The summed E-state index contributed by atoms with van der Waals surface area (Å²) in [7, 11) is 0. The van der Waals surface area contributed by atoms with E-state index in [9.17, 15) is 0 Å². The minimum Gasteiger partial charge on any atom is -0.280 e. The fourth-order valence-electron chi connectivity index (χ4n) is 3.22. The number of hydrogen-bond acceptors (Lipinski definition) is 3. The van der Waals surface area contributed by atoms with Gasteiger partial charge in [0.2, 0.25) is 0 Å². The van der Waals surface area contributed by atoms with Crippen LogP contribution in [0.2, 0.25) is 0 Å². The van der Waals surface area contributed by atoms with Crippen molar-refractivity contribution in [1.82, 2.24) is 19.7 Å². The number of imidazole rings is 1. The molecule has 0 bridgehead atoms. The highest BCUT2D eigenvalue weighted by Crippen LogP contribution is 2.26. The lowest BCUT2D eigenvalue weighted by atomic mass is 10.1. The van der Waals surface area contributed by atoms with Crippen LogP contribution in [-0.4, -0.2) is 19.7 Å². The Morgan fingerprint density at radius 1 is 0.923 bits per heavy atom. The number of rotatable bonds is 4. The molecule has 0 saturated heterocycles. The number of hydrogen-bond donors (Lipinski definition) is 1. The molecule has 4 nitrogen and oxygen atoms in total. The topological polar surface area (TPSA) is 46.5 Å². The van der Waals surface area contributed by atoms with E-state index in [0.29, 0.717) is 0 Å². The highest BCUT2D eigenvalue weighted by atomic mass is 32.1. The Labute approximate surface area is 154 Å². The van der Waals surface area contributed by atoms with Crippen molar-refractivity contribution in [3.8, 4) is 17.1 Å². The molecule has 0 atom stereocenters. The van der Waals surface area contributed by atoms with Gasteiger partial charge in [0.25, 0.3) is 0 Å². The maximum Gasteiger partial charge on any atom is 0.134 e. The van der Waals surface area contributed by atoms with Crippen LogP contribution in [0.3, 0.4) is 0 Å². The number of aromatic amines is 1. The summed E-state index contributed by atoms with van der Waals surface area (Å²) in [4.78, 5) is 6.16. The molecule has 3 heterocycles. The highest BCUT2D eigenvalue weighted by molar-refractivity contribution is 7.09. The van der Waals surface area contributed by atoms with Crippen molar-refractivity contribution >= 4 is 22.4 Å². The number of thiophene rings is 1. The summed E-state index contributed by atoms with van der Waals surface area (Å²) in [5, 5.41) is 9.81. The van der Waals surface area contributed by atoms with Crippen molar-refractivity contribution in [1.29, 1.82) is 0 Å². The summed E-state index contributed by atoms with van der Waals surface area (Å²) in [5.41, 5.74) is 4.11. The molecule has 5 rings (SSSR count). The number of para-hydroxylation sites is 2. The third-order valence-electron chi connectivity index (χ3n) is 4.42. The molecule has 0 aliphatic rings. The normalized spacial score (nSPS) is 11.2. The summed E-state index contributed by atoms with van der Waals surface area (Å²) in [6.45, 7) is 0. The monoisotopic (exact) mass is 356 g/mol. The minimum atomic E-state index is 0.798. The molecule has 0 aliphatic heterocycles. The summed E-state index contributed by atoms with van der Waals surface area (Å²) in [6, 6.07) is 24.7. The van der Waals surface area contributed by atoms with Crippen LogP contribution in [0, 0.1) is 0 Å². The third-order valence-corrected chi connectivity index (χ3v) is 5.29. The van der Waals surface area contributed by atoms with Gasteiger partial charge in [-0.15, -0.1) is 11.3 Å². The maximum atomic E-state index is 4.87.